The van der Waals surface area contributed by atoms with Crippen LogP contribution < -0.4 is 0 Å². The maximum Gasteiger partial charge on any atom is 0.310 e. The molecule has 0 spiro atoms. The molecular formula is C20H23ClNO6+. The molecule has 0 radical (unpaired) electrons. The van der Waals surface area contributed by atoms with Gasteiger partial charge in [0.1, 0.15) is 6.54 Å². The number of nitrogens with zero attached hydrogens (tertiary/aromatic N) is 1. The first kappa shape index (κ1) is 20.4. The van der Waals surface area contributed by atoms with Crippen LogP contribution in [0.25, 0.3) is 11.0 Å². The molecule has 7 nitrogen and oxygen atoms in total. The Bertz CT molecular complexity index is 928. The van der Waals surface area contributed by atoms with Gasteiger partial charge < -0.3 is 18.7 Å². The number of esters is 1. The lowest BCUT2D eigenvalue weighted by molar-refractivity contribution is -0.873. The molecule has 1 N–H and O–H groups in total. The average Bonchev–Trinajstić information content (AvgIpc) is 3.21. The molecule has 1 fully saturated rings. The number of furan rings is 1. The minimum Gasteiger partial charge on any atom is -0.481 e. The number of carbonyl (C=O) groups is 3. The van der Waals surface area contributed by atoms with E-state index in [0.29, 0.717) is 33.6 Å². The van der Waals surface area contributed by atoms with Crippen LogP contribution in [0.15, 0.2) is 28.9 Å². The van der Waals surface area contributed by atoms with E-state index < -0.39 is 29.9 Å². The minimum atomic E-state index is -1.03. The number of ketones is 1. The molecule has 0 amide bonds. The van der Waals surface area contributed by atoms with Gasteiger partial charge in [-0.25, -0.2) is 0 Å². The lowest BCUT2D eigenvalue weighted by atomic mass is 10.0. The Labute approximate surface area is 167 Å². The number of hydrogen-bond donors (Lipinski definition) is 1. The van der Waals surface area contributed by atoms with Gasteiger partial charge in [0, 0.05) is 16.9 Å². The monoisotopic (exact) mass is 408 g/mol. The van der Waals surface area contributed by atoms with Gasteiger partial charge in [-0.3, -0.25) is 14.4 Å². The van der Waals surface area contributed by atoms with Crippen molar-refractivity contribution in [3.05, 3.63) is 35.0 Å². The molecular weight excluding hydrogens is 386 g/mol. The SMILES string of the molecule is C[N+](C)(C)CC(CC(=O)O)OC(=O)C1CC1C(=O)c1cc(Cl)c2occc2c1. The van der Waals surface area contributed by atoms with Gasteiger partial charge in [0.25, 0.3) is 0 Å². The maximum atomic E-state index is 12.7. The fraction of sp³-hybridized carbons (Fsp3) is 0.450. The van der Waals surface area contributed by atoms with Crippen LogP contribution in [0, 0.1) is 11.8 Å². The highest BCUT2D eigenvalue weighted by molar-refractivity contribution is 6.35. The van der Waals surface area contributed by atoms with E-state index in [4.69, 9.17) is 25.9 Å². The molecule has 8 heteroatoms. The normalized spacial score (nSPS) is 20.0. The number of carboxylic acid groups (broad SMARTS) is 1. The second-order valence-corrected chi connectivity index (χ2v) is 8.65. The Hall–Kier alpha value is -2.38. The van der Waals surface area contributed by atoms with E-state index in [-0.39, 0.29) is 12.2 Å². The van der Waals surface area contributed by atoms with Crippen LogP contribution in [-0.4, -0.2) is 61.1 Å². The number of hydrogen-bond acceptors (Lipinski definition) is 5. The van der Waals surface area contributed by atoms with Gasteiger partial charge in [0.05, 0.1) is 44.8 Å². The molecule has 1 aliphatic rings. The Morgan fingerprint density at radius 1 is 1.29 bits per heavy atom. The summed E-state index contributed by atoms with van der Waals surface area (Å²) in [5.41, 5.74) is 0.939. The number of rotatable bonds is 8. The van der Waals surface area contributed by atoms with Gasteiger partial charge in [-0.05, 0) is 24.6 Å². The third kappa shape index (κ3) is 4.72. The number of likely N-dealkylation sites (N-methyl/N-ethyl adjacent to an activating group) is 1. The highest BCUT2D eigenvalue weighted by atomic mass is 35.5. The molecule has 0 aliphatic heterocycles. The number of ether oxygens (including phenoxy) is 1. The van der Waals surface area contributed by atoms with E-state index in [9.17, 15) is 14.4 Å². The summed E-state index contributed by atoms with van der Waals surface area (Å²) < 4.78 is 11.2. The maximum absolute atomic E-state index is 12.7. The van der Waals surface area contributed by atoms with Gasteiger partial charge in [0.2, 0.25) is 0 Å². The minimum absolute atomic E-state index is 0.173. The third-order valence-electron chi connectivity index (χ3n) is 4.66. The third-order valence-corrected chi connectivity index (χ3v) is 4.94. The fourth-order valence-corrected chi connectivity index (χ4v) is 3.61. The molecule has 2 aromatic rings. The zero-order chi connectivity index (χ0) is 20.6. The van der Waals surface area contributed by atoms with Crippen molar-refractivity contribution in [1.29, 1.82) is 0 Å². The van der Waals surface area contributed by atoms with Crippen LogP contribution in [0.5, 0.6) is 0 Å². The first-order valence-corrected chi connectivity index (χ1v) is 9.36. The Kier molecular flexibility index (Phi) is 5.50. The largest absolute Gasteiger partial charge is 0.481 e. The highest BCUT2D eigenvalue weighted by Crippen LogP contribution is 2.43. The first-order chi connectivity index (χ1) is 13.0. The van der Waals surface area contributed by atoms with Crippen LogP contribution >= 0.6 is 11.6 Å². The second-order valence-electron chi connectivity index (χ2n) is 8.24. The van der Waals surface area contributed by atoms with Gasteiger partial charge in [-0.15, -0.1) is 0 Å². The molecule has 3 atom stereocenters. The summed E-state index contributed by atoms with van der Waals surface area (Å²) in [6.45, 7) is 0.371. The quantitative estimate of drug-likeness (QED) is 0.410. The Morgan fingerprint density at radius 2 is 2.00 bits per heavy atom. The molecule has 0 saturated heterocycles. The fourth-order valence-electron chi connectivity index (χ4n) is 3.34. The number of benzene rings is 1. The van der Waals surface area contributed by atoms with E-state index >= 15 is 0 Å². The van der Waals surface area contributed by atoms with Crippen LogP contribution in [-0.2, 0) is 14.3 Å². The number of fused-ring (bicyclic) bond motifs is 1. The summed E-state index contributed by atoms with van der Waals surface area (Å²) in [4.78, 5) is 36.3. The number of halogens is 1. The van der Waals surface area contributed by atoms with Crippen molar-refractivity contribution < 1.29 is 33.1 Å². The standard InChI is InChI=1S/C20H22ClNO6/c1-22(2,3)10-13(8-17(23)24)28-20(26)15-9-14(15)18(25)12-6-11-4-5-27-19(11)16(21)7-12/h4-7,13-15H,8-10H2,1-3H3/p+1. The summed E-state index contributed by atoms with van der Waals surface area (Å²) in [5.74, 6) is -2.74. The first-order valence-electron chi connectivity index (χ1n) is 8.99. The second kappa shape index (κ2) is 7.56. The van der Waals surface area contributed by atoms with Crippen molar-refractivity contribution in [3.63, 3.8) is 0 Å². The summed E-state index contributed by atoms with van der Waals surface area (Å²) in [6.07, 6.45) is 0.888. The zero-order valence-corrected chi connectivity index (χ0v) is 16.7. The van der Waals surface area contributed by atoms with Crippen molar-refractivity contribution >= 4 is 40.3 Å². The van der Waals surface area contributed by atoms with Crippen molar-refractivity contribution in [3.8, 4) is 0 Å². The number of carbonyl (C=O) groups excluding carboxylic acids is 2. The van der Waals surface area contributed by atoms with Crippen molar-refractivity contribution in [1.82, 2.24) is 0 Å². The Morgan fingerprint density at radius 3 is 2.64 bits per heavy atom. The van der Waals surface area contributed by atoms with E-state index in [1.807, 2.05) is 21.1 Å². The number of carboxylic acids is 1. The highest BCUT2D eigenvalue weighted by Gasteiger charge is 2.50. The molecule has 1 aliphatic carbocycles. The molecule has 1 heterocycles. The predicted molar refractivity (Wildman–Crippen MR) is 102 cm³/mol. The van der Waals surface area contributed by atoms with Crippen LogP contribution in [0.2, 0.25) is 5.02 Å². The van der Waals surface area contributed by atoms with Gasteiger partial charge >= 0.3 is 11.9 Å². The van der Waals surface area contributed by atoms with Crippen molar-refractivity contribution in [2.45, 2.75) is 18.9 Å². The number of quaternary nitrogens is 1. The average molecular weight is 409 g/mol. The molecule has 28 heavy (non-hydrogen) atoms. The van der Waals surface area contributed by atoms with Gasteiger partial charge in [-0.2, -0.15) is 0 Å². The molecule has 1 aromatic carbocycles. The molecule has 3 rings (SSSR count). The molecule has 150 valence electrons. The van der Waals surface area contributed by atoms with Gasteiger partial charge in [0.15, 0.2) is 17.5 Å². The summed E-state index contributed by atoms with van der Waals surface area (Å²) in [7, 11) is 5.67. The number of aliphatic carboxylic acids is 1. The summed E-state index contributed by atoms with van der Waals surface area (Å²) >= 11 is 6.16. The molecule has 1 aromatic heterocycles. The molecule has 0 bridgehead atoms. The van der Waals surface area contributed by atoms with Crippen molar-refractivity contribution in [2.24, 2.45) is 11.8 Å². The molecule has 3 unspecified atom stereocenters. The summed E-state index contributed by atoms with van der Waals surface area (Å²) in [5, 5.41) is 10.1. The smallest absolute Gasteiger partial charge is 0.310 e. The predicted octanol–water partition coefficient (Wildman–Crippen LogP) is 3.00. The van der Waals surface area contributed by atoms with E-state index in [1.165, 1.54) is 6.26 Å². The topological polar surface area (TPSA) is 93.8 Å². The molecule has 1 saturated carbocycles. The Balaban J connectivity index is 1.66. The summed E-state index contributed by atoms with van der Waals surface area (Å²) in [6, 6.07) is 4.96. The van der Waals surface area contributed by atoms with Crippen LogP contribution in [0.3, 0.4) is 0 Å². The van der Waals surface area contributed by atoms with Crippen molar-refractivity contribution in [2.75, 3.05) is 27.7 Å². The van der Waals surface area contributed by atoms with E-state index in [0.717, 1.165) is 5.39 Å². The zero-order valence-electron chi connectivity index (χ0n) is 16.0. The number of Topliss-reactive ketones (excluding diaryl/α,β-unsaturated/α-hetero) is 1. The van der Waals surface area contributed by atoms with E-state index in [2.05, 4.69) is 0 Å². The van der Waals surface area contributed by atoms with Crippen LogP contribution in [0.1, 0.15) is 23.2 Å². The lowest BCUT2D eigenvalue weighted by Crippen LogP contribution is -2.44. The van der Waals surface area contributed by atoms with Gasteiger partial charge in [-0.1, -0.05) is 11.6 Å². The lowest BCUT2D eigenvalue weighted by Gasteiger charge is -2.28. The van der Waals surface area contributed by atoms with E-state index in [1.54, 1.807) is 18.2 Å². The van der Waals surface area contributed by atoms with Crippen LogP contribution in [0.4, 0.5) is 0 Å².